The van der Waals surface area contributed by atoms with Gasteiger partial charge in [-0.3, -0.25) is 0 Å². The highest BCUT2D eigenvalue weighted by Crippen LogP contribution is 2.28. The highest BCUT2D eigenvalue weighted by atomic mass is 35.5. The molecule has 138 valence electrons. The molecule has 0 radical (unpaired) electrons. The van der Waals surface area contributed by atoms with Crippen LogP contribution >= 0.6 is 11.6 Å². The van der Waals surface area contributed by atoms with Gasteiger partial charge in [-0.05, 0) is 44.4 Å². The smallest absolute Gasteiger partial charge is 0.410 e. The Hall–Kier alpha value is -2.34. The van der Waals surface area contributed by atoms with Gasteiger partial charge in [-0.1, -0.05) is 30.3 Å². The van der Waals surface area contributed by atoms with Crippen molar-refractivity contribution in [2.24, 2.45) is 0 Å². The molecule has 1 amide bonds. The minimum Gasteiger partial charge on any atom is -0.444 e. The number of halogens is 1. The molecule has 1 fully saturated rings. The number of benzene rings is 1. The molecule has 1 aromatic carbocycles. The Morgan fingerprint density at radius 1 is 1.31 bits per heavy atom. The second-order valence-electron chi connectivity index (χ2n) is 7.32. The van der Waals surface area contributed by atoms with Crippen LogP contribution in [0.2, 0.25) is 5.28 Å². The van der Waals surface area contributed by atoms with Crippen LogP contribution in [0.5, 0.6) is 0 Å². The summed E-state index contributed by atoms with van der Waals surface area (Å²) < 4.78 is 5.44. The maximum absolute atomic E-state index is 12.2. The summed E-state index contributed by atoms with van der Waals surface area (Å²) in [7, 11) is 0. The number of likely N-dealkylation sites (tertiary alicyclic amines) is 1. The van der Waals surface area contributed by atoms with Gasteiger partial charge in [-0.15, -0.1) is 0 Å². The van der Waals surface area contributed by atoms with Crippen molar-refractivity contribution in [2.75, 3.05) is 18.4 Å². The van der Waals surface area contributed by atoms with Crippen molar-refractivity contribution in [3.8, 4) is 11.1 Å². The minimum absolute atomic E-state index is 0.0796. The molecule has 7 heteroatoms. The van der Waals surface area contributed by atoms with E-state index < -0.39 is 5.60 Å². The maximum Gasteiger partial charge on any atom is 0.410 e. The van der Waals surface area contributed by atoms with Gasteiger partial charge in [-0.2, -0.15) is 0 Å². The number of nitrogens with one attached hydrogen (secondary N) is 1. The fourth-order valence-corrected chi connectivity index (χ4v) is 3.00. The van der Waals surface area contributed by atoms with Crippen LogP contribution in [0.25, 0.3) is 11.1 Å². The number of carbonyl (C=O) groups is 1. The van der Waals surface area contributed by atoms with Gasteiger partial charge < -0.3 is 15.0 Å². The van der Waals surface area contributed by atoms with Crippen molar-refractivity contribution < 1.29 is 9.53 Å². The quantitative estimate of drug-likeness (QED) is 0.815. The molecular formula is C19H23ClN4O2. The van der Waals surface area contributed by atoms with Crippen molar-refractivity contribution in [3.63, 3.8) is 0 Å². The molecule has 0 aliphatic carbocycles. The molecule has 6 nitrogen and oxygen atoms in total. The molecule has 1 aromatic heterocycles. The fourth-order valence-electron chi connectivity index (χ4n) is 2.86. The molecule has 0 spiro atoms. The Morgan fingerprint density at radius 3 is 2.73 bits per heavy atom. The van der Waals surface area contributed by atoms with Gasteiger partial charge >= 0.3 is 6.09 Å². The van der Waals surface area contributed by atoms with E-state index in [4.69, 9.17) is 16.3 Å². The molecule has 2 aromatic rings. The average Bonchev–Trinajstić information content (AvgIpc) is 3.03. The summed E-state index contributed by atoms with van der Waals surface area (Å²) in [5, 5.41) is 3.60. The minimum atomic E-state index is -0.497. The van der Waals surface area contributed by atoms with E-state index in [1.165, 1.54) is 0 Å². The van der Waals surface area contributed by atoms with E-state index in [9.17, 15) is 4.79 Å². The Bertz CT molecular complexity index is 777. The number of amides is 1. The molecule has 1 aliphatic rings. The van der Waals surface area contributed by atoms with Gasteiger partial charge in [0, 0.05) is 30.9 Å². The van der Waals surface area contributed by atoms with Crippen LogP contribution in [0.3, 0.4) is 0 Å². The summed E-state index contributed by atoms with van der Waals surface area (Å²) in [6.45, 7) is 6.81. The lowest BCUT2D eigenvalue weighted by Gasteiger charge is -2.24. The van der Waals surface area contributed by atoms with Crippen molar-refractivity contribution in [1.29, 1.82) is 0 Å². The molecule has 3 rings (SSSR count). The lowest BCUT2D eigenvalue weighted by atomic mass is 10.1. The summed E-state index contributed by atoms with van der Waals surface area (Å²) in [5.41, 5.74) is 1.39. The first-order chi connectivity index (χ1) is 12.3. The number of hydrogen-bond donors (Lipinski definition) is 1. The van der Waals surface area contributed by atoms with Crippen LogP contribution < -0.4 is 5.32 Å². The number of carbonyl (C=O) groups excluding carboxylic acids is 1. The third kappa shape index (κ3) is 4.64. The van der Waals surface area contributed by atoms with E-state index in [2.05, 4.69) is 15.3 Å². The van der Waals surface area contributed by atoms with Gasteiger partial charge in [0.1, 0.15) is 11.4 Å². The number of rotatable bonds is 3. The molecule has 1 atom stereocenters. The van der Waals surface area contributed by atoms with Crippen LogP contribution in [0.15, 0.2) is 36.5 Å². The Morgan fingerprint density at radius 2 is 2.04 bits per heavy atom. The zero-order valence-electron chi connectivity index (χ0n) is 15.2. The fraction of sp³-hybridized carbons (Fsp3) is 0.421. The lowest BCUT2D eigenvalue weighted by Crippen LogP contribution is -2.36. The first-order valence-corrected chi connectivity index (χ1v) is 9.02. The van der Waals surface area contributed by atoms with Crippen molar-refractivity contribution >= 4 is 23.5 Å². The van der Waals surface area contributed by atoms with Gasteiger partial charge in [0.2, 0.25) is 5.28 Å². The molecule has 1 aliphatic heterocycles. The standard InChI is InChI=1S/C19H23ClN4O2/c1-19(2,3)26-18(25)24-10-9-14(12-24)22-16-15(11-21-17(20)23-16)13-7-5-4-6-8-13/h4-8,11,14H,9-10,12H2,1-3H3,(H,21,22,23)/t14-/m0/s1. The third-order valence-corrected chi connectivity index (χ3v) is 4.21. The molecule has 1 N–H and O–H groups in total. The van der Waals surface area contributed by atoms with E-state index in [0.29, 0.717) is 18.9 Å². The molecule has 0 unspecified atom stereocenters. The number of aromatic nitrogens is 2. The summed E-state index contributed by atoms with van der Waals surface area (Å²) in [5.74, 6) is 0.673. The van der Waals surface area contributed by atoms with E-state index in [1.807, 2.05) is 51.1 Å². The Kier molecular flexibility index (Phi) is 5.32. The second kappa shape index (κ2) is 7.50. The zero-order valence-corrected chi connectivity index (χ0v) is 16.0. The van der Waals surface area contributed by atoms with Crippen LogP contribution in [-0.4, -0.2) is 45.7 Å². The number of ether oxygens (including phenoxy) is 1. The zero-order chi connectivity index (χ0) is 18.7. The van der Waals surface area contributed by atoms with Crippen LogP contribution in [0, 0.1) is 0 Å². The number of hydrogen-bond acceptors (Lipinski definition) is 5. The van der Waals surface area contributed by atoms with Crippen molar-refractivity contribution in [1.82, 2.24) is 14.9 Å². The molecule has 0 saturated carbocycles. The largest absolute Gasteiger partial charge is 0.444 e. The maximum atomic E-state index is 12.2. The first kappa shape index (κ1) is 18.5. The summed E-state index contributed by atoms with van der Waals surface area (Å²) in [6, 6.07) is 9.97. The molecule has 0 bridgehead atoms. The van der Waals surface area contributed by atoms with Gasteiger partial charge in [0.05, 0.1) is 0 Å². The first-order valence-electron chi connectivity index (χ1n) is 8.64. The summed E-state index contributed by atoms with van der Waals surface area (Å²) >= 11 is 5.99. The topological polar surface area (TPSA) is 67.3 Å². The molecule has 2 heterocycles. The molecule has 1 saturated heterocycles. The SMILES string of the molecule is CC(C)(C)OC(=O)N1CC[C@H](Nc2nc(Cl)ncc2-c2ccccc2)C1. The lowest BCUT2D eigenvalue weighted by molar-refractivity contribution is 0.0293. The Labute approximate surface area is 158 Å². The molecular weight excluding hydrogens is 352 g/mol. The van der Waals surface area contributed by atoms with E-state index >= 15 is 0 Å². The summed E-state index contributed by atoms with van der Waals surface area (Å²) in [6.07, 6.45) is 2.24. The van der Waals surface area contributed by atoms with E-state index in [-0.39, 0.29) is 17.4 Å². The Balaban J connectivity index is 1.72. The highest BCUT2D eigenvalue weighted by molar-refractivity contribution is 6.28. The summed E-state index contributed by atoms with van der Waals surface area (Å²) in [4.78, 5) is 22.4. The predicted octanol–water partition coefficient (Wildman–Crippen LogP) is 4.22. The highest BCUT2D eigenvalue weighted by Gasteiger charge is 2.30. The molecule has 26 heavy (non-hydrogen) atoms. The normalized spacial score (nSPS) is 17.2. The number of anilines is 1. The monoisotopic (exact) mass is 374 g/mol. The van der Waals surface area contributed by atoms with Gasteiger partial charge in [-0.25, -0.2) is 14.8 Å². The second-order valence-corrected chi connectivity index (χ2v) is 7.66. The van der Waals surface area contributed by atoms with Crippen LogP contribution in [0.4, 0.5) is 10.6 Å². The van der Waals surface area contributed by atoms with E-state index in [1.54, 1.807) is 11.1 Å². The third-order valence-electron chi connectivity index (χ3n) is 4.02. The van der Waals surface area contributed by atoms with Crippen molar-refractivity contribution in [3.05, 3.63) is 41.8 Å². The predicted molar refractivity (Wildman–Crippen MR) is 102 cm³/mol. The van der Waals surface area contributed by atoms with Crippen LogP contribution in [0.1, 0.15) is 27.2 Å². The van der Waals surface area contributed by atoms with Crippen molar-refractivity contribution in [2.45, 2.75) is 38.8 Å². The number of nitrogens with zero attached hydrogens (tertiary/aromatic N) is 3. The van der Waals surface area contributed by atoms with E-state index in [0.717, 1.165) is 17.5 Å². The van der Waals surface area contributed by atoms with Gasteiger partial charge in [0.15, 0.2) is 0 Å². The average molecular weight is 375 g/mol. The van der Waals surface area contributed by atoms with Crippen LogP contribution in [-0.2, 0) is 4.74 Å². The van der Waals surface area contributed by atoms with Gasteiger partial charge in [0.25, 0.3) is 0 Å².